The standard InChI is InChI=1S/C23H20BrN3O/c1-15-23(16(2)27(26-15)19-7-5-4-6-8-19)25-14-21-20-11-10-18(24)13-17(20)9-12-22(21)28-3/h4-14H,1-3H3. The van der Waals surface area contributed by atoms with E-state index < -0.39 is 0 Å². The molecule has 0 saturated heterocycles. The monoisotopic (exact) mass is 433 g/mol. The van der Waals surface area contributed by atoms with E-state index in [9.17, 15) is 0 Å². The molecule has 1 heterocycles. The Labute approximate surface area is 172 Å². The van der Waals surface area contributed by atoms with Crippen LogP contribution in [0.1, 0.15) is 17.0 Å². The lowest BCUT2D eigenvalue weighted by molar-refractivity contribution is 0.415. The number of benzene rings is 3. The summed E-state index contributed by atoms with van der Waals surface area (Å²) in [6.45, 7) is 4.02. The summed E-state index contributed by atoms with van der Waals surface area (Å²) in [4.78, 5) is 4.80. The number of hydrogen-bond acceptors (Lipinski definition) is 3. The fraction of sp³-hybridized carbons (Fsp3) is 0.130. The van der Waals surface area contributed by atoms with Gasteiger partial charge in [-0.1, -0.05) is 46.3 Å². The van der Waals surface area contributed by atoms with Gasteiger partial charge in [0.15, 0.2) is 0 Å². The van der Waals surface area contributed by atoms with E-state index in [0.29, 0.717) is 0 Å². The highest BCUT2D eigenvalue weighted by molar-refractivity contribution is 9.10. The summed E-state index contributed by atoms with van der Waals surface area (Å²) in [5, 5.41) is 6.90. The van der Waals surface area contributed by atoms with Crippen LogP contribution < -0.4 is 4.74 Å². The summed E-state index contributed by atoms with van der Waals surface area (Å²) >= 11 is 3.54. The van der Waals surface area contributed by atoms with Crippen LogP contribution in [-0.2, 0) is 0 Å². The zero-order chi connectivity index (χ0) is 19.7. The van der Waals surface area contributed by atoms with Gasteiger partial charge in [-0.05, 0) is 55.0 Å². The zero-order valence-electron chi connectivity index (χ0n) is 16.0. The van der Waals surface area contributed by atoms with Gasteiger partial charge in [-0.25, -0.2) is 4.68 Å². The number of ether oxygens (including phenoxy) is 1. The number of methoxy groups -OCH3 is 1. The maximum absolute atomic E-state index is 5.58. The molecule has 0 amide bonds. The van der Waals surface area contributed by atoms with Gasteiger partial charge < -0.3 is 4.74 Å². The first-order valence-electron chi connectivity index (χ1n) is 9.00. The van der Waals surface area contributed by atoms with Gasteiger partial charge in [0.05, 0.1) is 24.2 Å². The number of fused-ring (bicyclic) bond motifs is 1. The largest absolute Gasteiger partial charge is 0.496 e. The summed E-state index contributed by atoms with van der Waals surface area (Å²) < 4.78 is 8.56. The molecule has 4 rings (SSSR count). The molecule has 0 bridgehead atoms. The van der Waals surface area contributed by atoms with Crippen molar-refractivity contribution < 1.29 is 4.74 Å². The van der Waals surface area contributed by atoms with E-state index in [1.54, 1.807) is 7.11 Å². The lowest BCUT2D eigenvalue weighted by Gasteiger charge is -2.09. The Morgan fingerprint density at radius 3 is 2.57 bits per heavy atom. The number of para-hydroxylation sites is 1. The third kappa shape index (κ3) is 3.34. The predicted octanol–water partition coefficient (Wildman–Crippen LogP) is 6.16. The van der Waals surface area contributed by atoms with Crippen molar-refractivity contribution in [1.29, 1.82) is 0 Å². The van der Waals surface area contributed by atoms with Crippen molar-refractivity contribution in [2.45, 2.75) is 13.8 Å². The van der Waals surface area contributed by atoms with Crippen molar-refractivity contribution in [1.82, 2.24) is 9.78 Å². The molecule has 0 aliphatic carbocycles. The summed E-state index contributed by atoms with van der Waals surface area (Å²) in [7, 11) is 1.68. The van der Waals surface area contributed by atoms with Crippen molar-refractivity contribution in [3.05, 3.63) is 82.1 Å². The lowest BCUT2D eigenvalue weighted by Crippen LogP contribution is -1.98. The highest BCUT2D eigenvalue weighted by Crippen LogP contribution is 2.31. The van der Waals surface area contributed by atoms with Crippen LogP contribution >= 0.6 is 15.9 Å². The van der Waals surface area contributed by atoms with E-state index in [1.807, 2.05) is 67.2 Å². The fourth-order valence-corrected chi connectivity index (χ4v) is 3.77. The Bertz CT molecular complexity index is 1180. The quantitative estimate of drug-likeness (QED) is 0.361. The van der Waals surface area contributed by atoms with Crippen molar-refractivity contribution >= 4 is 38.6 Å². The molecular weight excluding hydrogens is 414 g/mol. The van der Waals surface area contributed by atoms with Crippen LogP contribution in [0.25, 0.3) is 16.5 Å². The van der Waals surface area contributed by atoms with Gasteiger partial charge in [-0.2, -0.15) is 5.10 Å². The summed E-state index contributed by atoms with van der Waals surface area (Å²) in [6, 6.07) is 20.3. The van der Waals surface area contributed by atoms with Crippen molar-refractivity contribution in [2.75, 3.05) is 7.11 Å². The molecule has 1 aromatic heterocycles. The summed E-state index contributed by atoms with van der Waals surface area (Å²) in [6.07, 6.45) is 1.88. The molecule has 0 atom stereocenters. The number of rotatable bonds is 4. The number of aromatic nitrogens is 2. The molecule has 0 spiro atoms. The highest BCUT2D eigenvalue weighted by Gasteiger charge is 2.13. The molecule has 28 heavy (non-hydrogen) atoms. The number of halogens is 1. The lowest BCUT2D eigenvalue weighted by atomic mass is 10.0. The molecule has 4 nitrogen and oxygen atoms in total. The number of hydrogen-bond donors (Lipinski definition) is 0. The van der Waals surface area contributed by atoms with Crippen molar-refractivity contribution in [2.24, 2.45) is 4.99 Å². The molecule has 0 aliphatic heterocycles. The molecule has 0 N–H and O–H groups in total. The van der Waals surface area contributed by atoms with Crippen LogP contribution in [-0.4, -0.2) is 23.1 Å². The van der Waals surface area contributed by atoms with E-state index in [2.05, 4.69) is 39.2 Å². The maximum Gasteiger partial charge on any atom is 0.128 e. The Morgan fingerprint density at radius 2 is 1.82 bits per heavy atom. The minimum Gasteiger partial charge on any atom is -0.496 e. The Balaban J connectivity index is 1.81. The van der Waals surface area contributed by atoms with Crippen LogP contribution in [0.15, 0.2) is 70.1 Å². The van der Waals surface area contributed by atoms with Crippen LogP contribution in [0.4, 0.5) is 5.69 Å². The normalized spacial score (nSPS) is 11.4. The van der Waals surface area contributed by atoms with Gasteiger partial charge in [0, 0.05) is 16.3 Å². The topological polar surface area (TPSA) is 39.4 Å². The van der Waals surface area contributed by atoms with E-state index in [-0.39, 0.29) is 0 Å². The smallest absolute Gasteiger partial charge is 0.128 e. The Hall–Kier alpha value is -2.92. The maximum atomic E-state index is 5.58. The molecule has 4 aromatic rings. The van der Waals surface area contributed by atoms with Gasteiger partial charge in [0.25, 0.3) is 0 Å². The third-order valence-corrected chi connectivity index (χ3v) is 5.27. The van der Waals surface area contributed by atoms with Crippen molar-refractivity contribution in [3.63, 3.8) is 0 Å². The fourth-order valence-electron chi connectivity index (χ4n) is 3.39. The van der Waals surface area contributed by atoms with E-state index in [4.69, 9.17) is 9.73 Å². The Kier molecular flexibility index (Phi) is 5.01. The van der Waals surface area contributed by atoms with Crippen LogP contribution in [0.5, 0.6) is 5.75 Å². The van der Waals surface area contributed by atoms with E-state index in [0.717, 1.165) is 49.3 Å². The molecule has 0 fully saturated rings. The summed E-state index contributed by atoms with van der Waals surface area (Å²) in [5.74, 6) is 0.796. The second-order valence-corrected chi connectivity index (χ2v) is 7.49. The average molecular weight is 434 g/mol. The molecule has 0 aliphatic rings. The number of aryl methyl sites for hydroxylation is 1. The second-order valence-electron chi connectivity index (χ2n) is 6.57. The van der Waals surface area contributed by atoms with Crippen LogP contribution in [0, 0.1) is 13.8 Å². The predicted molar refractivity (Wildman–Crippen MR) is 118 cm³/mol. The van der Waals surface area contributed by atoms with Gasteiger partial charge >= 0.3 is 0 Å². The highest BCUT2D eigenvalue weighted by atomic mass is 79.9. The van der Waals surface area contributed by atoms with Crippen LogP contribution in [0.2, 0.25) is 0 Å². The molecular formula is C23H20BrN3O. The van der Waals surface area contributed by atoms with Crippen LogP contribution in [0.3, 0.4) is 0 Å². The van der Waals surface area contributed by atoms with Crippen molar-refractivity contribution in [3.8, 4) is 11.4 Å². The first-order valence-corrected chi connectivity index (χ1v) is 9.80. The molecule has 5 heteroatoms. The molecule has 0 saturated carbocycles. The SMILES string of the molecule is COc1ccc2cc(Br)ccc2c1C=Nc1c(C)nn(-c2ccccc2)c1C. The number of aliphatic imine (C=N–C) groups is 1. The average Bonchev–Trinajstić information content (AvgIpc) is 3.00. The Morgan fingerprint density at radius 1 is 1.04 bits per heavy atom. The van der Waals surface area contributed by atoms with Gasteiger partial charge in [-0.15, -0.1) is 0 Å². The van der Waals surface area contributed by atoms with Gasteiger partial charge in [0.2, 0.25) is 0 Å². The third-order valence-electron chi connectivity index (χ3n) is 4.78. The number of nitrogens with zero attached hydrogens (tertiary/aromatic N) is 3. The first kappa shape index (κ1) is 18.4. The summed E-state index contributed by atoms with van der Waals surface area (Å²) in [5.41, 5.74) is 4.75. The van der Waals surface area contributed by atoms with Gasteiger partial charge in [0.1, 0.15) is 11.4 Å². The second kappa shape index (κ2) is 7.60. The minimum atomic E-state index is 0.796. The van der Waals surface area contributed by atoms with E-state index >= 15 is 0 Å². The van der Waals surface area contributed by atoms with E-state index in [1.165, 1.54) is 0 Å². The molecule has 0 unspecified atom stereocenters. The minimum absolute atomic E-state index is 0.796. The molecule has 0 radical (unpaired) electrons. The molecule has 140 valence electrons. The molecule has 3 aromatic carbocycles. The van der Waals surface area contributed by atoms with Gasteiger partial charge in [-0.3, -0.25) is 4.99 Å². The zero-order valence-corrected chi connectivity index (χ0v) is 17.6. The first-order chi connectivity index (χ1) is 13.6.